The Balaban J connectivity index is 4.73. The Morgan fingerprint density at radius 1 is 1.20 bits per heavy atom. The number of nitrogens with one attached hydrogen (secondary N) is 2. The number of carbonyl (C=O) groups is 2. The van der Waals surface area contributed by atoms with E-state index >= 15 is 0 Å². The number of hydrogen-bond acceptors (Lipinski definition) is 4. The first-order chi connectivity index (χ1) is 9.20. The summed E-state index contributed by atoms with van der Waals surface area (Å²) < 4.78 is 0. The molecule has 0 saturated heterocycles. The fraction of sp³-hybridized carbons (Fsp3) is 0.857. The second-order valence-electron chi connectivity index (χ2n) is 5.82. The first-order valence-corrected chi connectivity index (χ1v) is 7.17. The molecule has 0 fully saturated rings. The van der Waals surface area contributed by atoms with Crippen molar-refractivity contribution in [1.29, 1.82) is 0 Å². The van der Waals surface area contributed by atoms with Crippen molar-refractivity contribution in [1.82, 2.24) is 15.5 Å². The van der Waals surface area contributed by atoms with Crippen molar-refractivity contribution in [3.63, 3.8) is 0 Å². The van der Waals surface area contributed by atoms with Gasteiger partial charge in [-0.15, -0.1) is 0 Å². The van der Waals surface area contributed by atoms with E-state index in [1.807, 2.05) is 20.8 Å². The van der Waals surface area contributed by atoms with Gasteiger partial charge in [0.1, 0.15) is 6.04 Å². The van der Waals surface area contributed by atoms with Crippen LogP contribution in [0.3, 0.4) is 0 Å². The molecule has 0 aromatic rings. The van der Waals surface area contributed by atoms with Crippen LogP contribution in [0.15, 0.2) is 0 Å². The van der Waals surface area contributed by atoms with Crippen molar-refractivity contribution in [3.05, 3.63) is 0 Å². The maximum Gasteiger partial charge on any atom is 0.242 e. The Hall–Kier alpha value is -1.14. The maximum absolute atomic E-state index is 12.3. The van der Waals surface area contributed by atoms with Crippen molar-refractivity contribution >= 4 is 11.8 Å². The molecule has 6 nitrogen and oxygen atoms in total. The van der Waals surface area contributed by atoms with Crippen molar-refractivity contribution in [2.75, 3.05) is 20.6 Å². The molecule has 0 rings (SSSR count). The predicted molar refractivity (Wildman–Crippen MR) is 81.2 cm³/mol. The van der Waals surface area contributed by atoms with Gasteiger partial charge in [-0.2, -0.15) is 0 Å². The Kier molecular flexibility index (Phi) is 8.41. The number of amides is 2. The topological polar surface area (TPSA) is 87.5 Å². The Morgan fingerprint density at radius 2 is 1.75 bits per heavy atom. The summed E-state index contributed by atoms with van der Waals surface area (Å²) in [5.74, 6) is 0.105. The summed E-state index contributed by atoms with van der Waals surface area (Å²) in [6.45, 7) is 8.30. The van der Waals surface area contributed by atoms with Crippen LogP contribution in [0.25, 0.3) is 0 Å². The standard InChI is InChI=1S/C14H30N4O2/c1-9(2)7-12(13(19)16-5)18(6)14(20)11(4)17-8-10(3)15/h9-12,17H,7-8,15H2,1-6H3,(H,16,19)/t10-,11-,12-/m0/s1. The van der Waals surface area contributed by atoms with E-state index in [0.29, 0.717) is 18.9 Å². The third kappa shape index (κ3) is 6.34. The lowest BCUT2D eigenvalue weighted by Crippen LogP contribution is -2.53. The zero-order chi connectivity index (χ0) is 15.9. The molecule has 0 aliphatic rings. The number of rotatable bonds is 8. The molecule has 118 valence electrons. The van der Waals surface area contributed by atoms with E-state index in [0.717, 1.165) is 0 Å². The van der Waals surface area contributed by atoms with E-state index in [2.05, 4.69) is 10.6 Å². The summed E-state index contributed by atoms with van der Waals surface area (Å²) in [5.41, 5.74) is 5.66. The third-order valence-electron chi connectivity index (χ3n) is 3.18. The summed E-state index contributed by atoms with van der Waals surface area (Å²) in [5, 5.41) is 5.70. The van der Waals surface area contributed by atoms with Gasteiger partial charge in [-0.05, 0) is 26.2 Å². The molecule has 0 aromatic carbocycles. The highest BCUT2D eigenvalue weighted by Crippen LogP contribution is 2.12. The van der Waals surface area contributed by atoms with Gasteiger partial charge in [0.15, 0.2) is 0 Å². The molecule has 0 unspecified atom stereocenters. The lowest BCUT2D eigenvalue weighted by molar-refractivity contribution is -0.140. The number of carbonyl (C=O) groups excluding carboxylic acids is 2. The average molecular weight is 286 g/mol. The zero-order valence-electron chi connectivity index (χ0n) is 13.6. The molecular formula is C14H30N4O2. The van der Waals surface area contributed by atoms with Crippen LogP contribution in [-0.2, 0) is 9.59 Å². The van der Waals surface area contributed by atoms with E-state index in [4.69, 9.17) is 5.73 Å². The van der Waals surface area contributed by atoms with Crippen LogP contribution >= 0.6 is 0 Å². The molecule has 0 saturated carbocycles. The minimum atomic E-state index is -0.438. The van der Waals surface area contributed by atoms with Crippen molar-refractivity contribution < 1.29 is 9.59 Å². The van der Waals surface area contributed by atoms with Gasteiger partial charge in [0.2, 0.25) is 11.8 Å². The van der Waals surface area contributed by atoms with E-state index in [1.165, 1.54) is 4.90 Å². The Labute approximate surface area is 122 Å². The van der Waals surface area contributed by atoms with Crippen LogP contribution in [0.1, 0.15) is 34.1 Å². The number of likely N-dealkylation sites (N-methyl/N-ethyl adjacent to an activating group) is 2. The summed E-state index contributed by atoms with van der Waals surface area (Å²) >= 11 is 0. The molecule has 4 N–H and O–H groups in total. The molecule has 0 heterocycles. The lowest BCUT2D eigenvalue weighted by Gasteiger charge is -2.30. The monoisotopic (exact) mass is 286 g/mol. The second kappa shape index (κ2) is 8.92. The van der Waals surface area contributed by atoms with E-state index < -0.39 is 6.04 Å². The third-order valence-corrected chi connectivity index (χ3v) is 3.18. The van der Waals surface area contributed by atoms with Crippen molar-refractivity contribution in [2.45, 2.75) is 52.2 Å². The van der Waals surface area contributed by atoms with Crippen molar-refractivity contribution in [3.8, 4) is 0 Å². The highest BCUT2D eigenvalue weighted by molar-refractivity contribution is 5.89. The van der Waals surface area contributed by atoms with Gasteiger partial charge < -0.3 is 21.3 Å². The van der Waals surface area contributed by atoms with E-state index in [-0.39, 0.29) is 23.9 Å². The summed E-state index contributed by atoms with van der Waals surface area (Å²) in [6.07, 6.45) is 0.641. The summed E-state index contributed by atoms with van der Waals surface area (Å²) in [6, 6.07) is -0.807. The molecule has 6 heteroatoms. The molecule has 0 bridgehead atoms. The maximum atomic E-state index is 12.3. The number of nitrogens with zero attached hydrogens (tertiary/aromatic N) is 1. The highest BCUT2D eigenvalue weighted by Gasteiger charge is 2.29. The van der Waals surface area contributed by atoms with Gasteiger partial charge in [-0.1, -0.05) is 13.8 Å². The quantitative estimate of drug-likeness (QED) is 0.583. The van der Waals surface area contributed by atoms with Gasteiger partial charge >= 0.3 is 0 Å². The number of hydrogen-bond donors (Lipinski definition) is 3. The fourth-order valence-electron chi connectivity index (χ4n) is 1.96. The molecule has 20 heavy (non-hydrogen) atoms. The smallest absolute Gasteiger partial charge is 0.242 e. The lowest BCUT2D eigenvalue weighted by atomic mass is 10.0. The van der Waals surface area contributed by atoms with Crippen LogP contribution < -0.4 is 16.4 Å². The van der Waals surface area contributed by atoms with Gasteiger partial charge in [0.25, 0.3) is 0 Å². The summed E-state index contributed by atoms with van der Waals surface area (Å²) in [4.78, 5) is 25.8. The molecule has 0 radical (unpaired) electrons. The largest absolute Gasteiger partial charge is 0.357 e. The van der Waals surface area contributed by atoms with Crippen LogP contribution in [0.2, 0.25) is 0 Å². The van der Waals surface area contributed by atoms with E-state index in [1.54, 1.807) is 21.0 Å². The Morgan fingerprint density at radius 3 is 2.15 bits per heavy atom. The van der Waals surface area contributed by atoms with Crippen LogP contribution in [0.4, 0.5) is 0 Å². The molecule has 0 aromatic heterocycles. The first-order valence-electron chi connectivity index (χ1n) is 7.17. The average Bonchev–Trinajstić information content (AvgIpc) is 2.39. The zero-order valence-corrected chi connectivity index (χ0v) is 13.6. The highest BCUT2D eigenvalue weighted by atomic mass is 16.2. The van der Waals surface area contributed by atoms with Crippen molar-refractivity contribution in [2.24, 2.45) is 11.7 Å². The minimum absolute atomic E-state index is 0.0130. The summed E-state index contributed by atoms with van der Waals surface area (Å²) in [7, 11) is 3.26. The predicted octanol–water partition coefficient (Wildman–Crippen LogP) is -0.0692. The first kappa shape index (κ1) is 18.9. The van der Waals surface area contributed by atoms with Crippen LogP contribution in [0, 0.1) is 5.92 Å². The minimum Gasteiger partial charge on any atom is -0.357 e. The molecule has 3 atom stereocenters. The molecule has 0 spiro atoms. The molecule has 0 aliphatic carbocycles. The molecule has 2 amide bonds. The van der Waals surface area contributed by atoms with Gasteiger partial charge in [-0.3, -0.25) is 9.59 Å². The van der Waals surface area contributed by atoms with Crippen LogP contribution in [-0.4, -0.2) is 55.5 Å². The van der Waals surface area contributed by atoms with Gasteiger partial charge in [0.05, 0.1) is 6.04 Å². The van der Waals surface area contributed by atoms with Crippen LogP contribution in [0.5, 0.6) is 0 Å². The fourth-order valence-corrected chi connectivity index (χ4v) is 1.96. The second-order valence-corrected chi connectivity index (χ2v) is 5.82. The van der Waals surface area contributed by atoms with Gasteiger partial charge in [-0.25, -0.2) is 0 Å². The normalized spacial score (nSPS) is 15.6. The SMILES string of the molecule is CNC(=O)[C@H](CC(C)C)N(C)C(=O)[C@H](C)NC[C@H](C)N. The Bertz CT molecular complexity index is 318. The van der Waals surface area contributed by atoms with E-state index in [9.17, 15) is 9.59 Å². The van der Waals surface area contributed by atoms with Gasteiger partial charge in [0, 0.05) is 26.7 Å². The molecule has 0 aliphatic heterocycles. The molecular weight excluding hydrogens is 256 g/mol. The number of nitrogens with two attached hydrogens (primary N) is 1.